The molecule has 2 N–H and O–H groups in total. The van der Waals surface area contributed by atoms with Gasteiger partial charge in [-0.15, -0.1) is 0 Å². The minimum atomic E-state index is 0. The van der Waals surface area contributed by atoms with E-state index in [9.17, 15) is 0 Å². The molecule has 0 spiro atoms. The summed E-state index contributed by atoms with van der Waals surface area (Å²) in [5.41, 5.74) is 0. The molecule has 0 radical (unpaired) electrons. The van der Waals surface area contributed by atoms with Gasteiger partial charge in [-0.25, -0.2) is 0 Å². The summed E-state index contributed by atoms with van der Waals surface area (Å²) in [5.74, 6) is 0. The molecule has 0 aliphatic rings. The summed E-state index contributed by atoms with van der Waals surface area (Å²) < 4.78 is 0. The Morgan fingerprint density at radius 1 is 0.615 bits per heavy atom. The van der Waals surface area contributed by atoms with Gasteiger partial charge < -0.3 is 29.0 Å². The smallest absolute Gasteiger partial charge is 0.693 e. The Bertz CT molecular complexity index is 20.9. The monoisotopic (exact) mass is 358 g/mol. The molecule has 0 rings (SSSR count). The molecule has 82 valence electrons. The number of rotatable bonds is 0. The van der Waals surface area contributed by atoms with Crippen LogP contribution in [0.15, 0.2) is 0 Å². The van der Waals surface area contributed by atoms with Crippen molar-refractivity contribution in [1.29, 1.82) is 0 Å². The van der Waals surface area contributed by atoms with Crippen LogP contribution in [0.5, 0.6) is 0 Å². The fraction of sp³-hybridized carbons (Fsp3) is 0.875. The topological polar surface area (TPSA) is 75.8 Å². The number of hydrogen-bond donors (Lipinski definition) is 0. The zero-order valence-electron chi connectivity index (χ0n) is 10.1. The largest absolute Gasteiger partial charge is 5.00 e. The van der Waals surface area contributed by atoms with Crippen LogP contribution in [0.1, 0.15) is 6.92 Å². The molecule has 0 saturated heterocycles. The molecule has 0 heterocycles. The van der Waals surface area contributed by atoms with E-state index in [0.29, 0.717) is 0 Å². The Morgan fingerprint density at radius 2 is 0.615 bits per heavy atom. The SMILES string of the molecule is C[N-]C.C[N-]C.C[N-]C.[CH2-]C.[NH2-].[Ta+5]. The molecule has 0 aromatic rings. The summed E-state index contributed by atoms with van der Waals surface area (Å²) >= 11 is 0. The molecular weight excluding hydrogens is 333 g/mol. The minimum absolute atomic E-state index is 0. The predicted octanol–water partition coefficient (Wildman–Crippen LogP) is 3.41. The average molecular weight is 358 g/mol. The zero-order chi connectivity index (χ0) is 10.1. The van der Waals surface area contributed by atoms with Crippen LogP contribution in [-0.4, -0.2) is 42.3 Å². The summed E-state index contributed by atoms with van der Waals surface area (Å²) in [5, 5.41) is 10.5. The summed E-state index contributed by atoms with van der Waals surface area (Å²) in [6, 6.07) is 0. The first-order valence-corrected chi connectivity index (χ1v) is 3.39. The second kappa shape index (κ2) is 132. The third-order valence-electron chi connectivity index (χ3n) is 0. The standard InChI is InChI=1S/3C2H6N.C2H5.H2N.Ta/c3*1-3-2;1-2;;/h3*1-2H3;1H2,2H3;1H2;/q5*-1;+5. The Kier molecular flexibility index (Phi) is 379. The molecule has 0 bridgehead atoms. The van der Waals surface area contributed by atoms with Crippen LogP contribution in [0.25, 0.3) is 22.1 Å². The number of hydrogen-bond acceptors (Lipinski definition) is 0. The second-order valence-corrected chi connectivity index (χ2v) is 1.34. The van der Waals surface area contributed by atoms with Crippen LogP contribution in [0.2, 0.25) is 0 Å². The van der Waals surface area contributed by atoms with Gasteiger partial charge in [0, 0.05) is 0 Å². The molecule has 5 heteroatoms. The molecule has 0 aliphatic heterocycles. The van der Waals surface area contributed by atoms with Crippen molar-refractivity contribution in [2.75, 3.05) is 42.3 Å². The van der Waals surface area contributed by atoms with Crippen LogP contribution in [0.3, 0.4) is 0 Å². The van der Waals surface area contributed by atoms with E-state index in [1.165, 1.54) is 0 Å². The molecule has 0 unspecified atom stereocenters. The minimum Gasteiger partial charge on any atom is -0.693 e. The van der Waals surface area contributed by atoms with Gasteiger partial charge in [0.2, 0.25) is 0 Å². The van der Waals surface area contributed by atoms with E-state index < -0.39 is 0 Å². The molecule has 13 heavy (non-hydrogen) atoms. The van der Waals surface area contributed by atoms with Crippen molar-refractivity contribution in [2.24, 2.45) is 0 Å². The van der Waals surface area contributed by atoms with Crippen molar-refractivity contribution in [2.45, 2.75) is 6.92 Å². The first kappa shape index (κ1) is 37.4. The van der Waals surface area contributed by atoms with Crippen LogP contribution >= 0.6 is 0 Å². The third-order valence-corrected chi connectivity index (χ3v) is 0. The van der Waals surface area contributed by atoms with Crippen molar-refractivity contribution in [3.05, 3.63) is 29.0 Å². The van der Waals surface area contributed by atoms with Crippen LogP contribution in [-0.2, 0) is 22.4 Å². The van der Waals surface area contributed by atoms with Crippen molar-refractivity contribution in [1.82, 2.24) is 0 Å². The van der Waals surface area contributed by atoms with Crippen molar-refractivity contribution in [3.8, 4) is 0 Å². The van der Waals surface area contributed by atoms with Crippen LogP contribution in [0.4, 0.5) is 0 Å². The number of nitrogens with two attached hydrogens (primary N) is 1. The Hall–Kier alpha value is 0.580. The van der Waals surface area contributed by atoms with Gasteiger partial charge in [0.1, 0.15) is 0 Å². The third kappa shape index (κ3) is 4180. The maximum absolute atomic E-state index is 3.50. The van der Waals surface area contributed by atoms with E-state index >= 15 is 0 Å². The molecular formula is C8H25N4Ta. The molecule has 0 aromatic carbocycles. The van der Waals surface area contributed by atoms with Gasteiger partial charge in [0.15, 0.2) is 0 Å². The summed E-state index contributed by atoms with van der Waals surface area (Å²) in [6.07, 6.45) is 0. The van der Waals surface area contributed by atoms with Crippen molar-refractivity contribution in [3.63, 3.8) is 0 Å². The summed E-state index contributed by atoms with van der Waals surface area (Å²) in [4.78, 5) is 0. The van der Waals surface area contributed by atoms with E-state index in [-0.39, 0.29) is 28.5 Å². The van der Waals surface area contributed by atoms with Crippen LogP contribution < -0.4 is 0 Å². The maximum Gasteiger partial charge on any atom is 5.00 e. The van der Waals surface area contributed by atoms with Gasteiger partial charge in [-0.05, 0) is 0 Å². The summed E-state index contributed by atoms with van der Waals surface area (Å²) in [6.45, 7) is 5.00. The molecule has 0 aliphatic carbocycles. The molecule has 0 atom stereocenters. The van der Waals surface area contributed by atoms with E-state index in [1.807, 2.05) is 0 Å². The first-order chi connectivity index (χ1) is 5.24. The van der Waals surface area contributed by atoms with Crippen molar-refractivity contribution < 1.29 is 22.4 Å². The number of nitrogens with zero attached hydrogens (tertiary/aromatic N) is 3. The fourth-order valence-corrected chi connectivity index (χ4v) is 0. The van der Waals surface area contributed by atoms with Crippen molar-refractivity contribution >= 4 is 0 Å². The van der Waals surface area contributed by atoms with Gasteiger partial charge in [-0.1, -0.05) is 0 Å². The molecule has 0 saturated carbocycles. The van der Waals surface area contributed by atoms with E-state index in [0.717, 1.165) is 0 Å². The van der Waals surface area contributed by atoms with Crippen LogP contribution in [0, 0.1) is 6.92 Å². The van der Waals surface area contributed by atoms with E-state index in [1.54, 1.807) is 49.2 Å². The fourth-order valence-electron chi connectivity index (χ4n) is 0. The van der Waals surface area contributed by atoms with Gasteiger partial charge in [-0.2, -0.15) is 49.2 Å². The molecule has 0 aromatic heterocycles. The van der Waals surface area contributed by atoms with E-state index in [2.05, 4.69) is 22.9 Å². The molecule has 4 nitrogen and oxygen atoms in total. The Labute approximate surface area is 101 Å². The molecule has 0 amide bonds. The maximum atomic E-state index is 3.50. The Morgan fingerprint density at radius 3 is 0.615 bits per heavy atom. The quantitative estimate of drug-likeness (QED) is 0.595. The predicted molar refractivity (Wildman–Crippen MR) is 61.9 cm³/mol. The van der Waals surface area contributed by atoms with Gasteiger partial charge >= 0.3 is 22.4 Å². The zero-order valence-corrected chi connectivity index (χ0v) is 13.3. The second-order valence-electron chi connectivity index (χ2n) is 1.34. The van der Waals surface area contributed by atoms with E-state index in [4.69, 9.17) is 0 Å². The van der Waals surface area contributed by atoms with Gasteiger partial charge in [0.05, 0.1) is 0 Å². The normalized spacial score (nSPS) is 4.62. The summed E-state index contributed by atoms with van der Waals surface area (Å²) in [7, 11) is 10.5. The first-order valence-electron chi connectivity index (χ1n) is 3.39. The average Bonchev–Trinajstić information content (AvgIpc) is 1.96. The van der Waals surface area contributed by atoms with Gasteiger partial charge in [-0.3, -0.25) is 0 Å². The Balaban J connectivity index is -0.0000000121. The van der Waals surface area contributed by atoms with Gasteiger partial charge in [0.25, 0.3) is 0 Å². The molecule has 0 fully saturated rings.